The number of aliphatic hydroxyl groups excluding tert-OH is 1. The highest BCUT2D eigenvalue weighted by Gasteiger charge is 2.12. The molecular weight excluding hydrogens is 304 g/mol. The molecule has 0 aliphatic carbocycles. The van der Waals surface area contributed by atoms with Crippen LogP contribution in [0.5, 0.6) is 0 Å². The van der Waals surface area contributed by atoms with Crippen LogP contribution in [-0.2, 0) is 6.54 Å². The maximum atomic E-state index is 12.3. The maximum Gasteiger partial charge on any atom is 0.322 e. The predicted molar refractivity (Wildman–Crippen MR) is 95.1 cm³/mol. The zero-order valence-corrected chi connectivity index (χ0v) is 14.2. The minimum Gasteiger partial charge on any atom is -0.395 e. The number of anilines is 1. The number of rotatable bonds is 7. The molecule has 2 aromatic rings. The van der Waals surface area contributed by atoms with Crippen molar-refractivity contribution in [3.05, 3.63) is 59.9 Å². The zero-order valence-electron chi connectivity index (χ0n) is 14.2. The lowest BCUT2D eigenvalue weighted by Crippen LogP contribution is -2.37. The molecule has 24 heavy (non-hydrogen) atoms. The fourth-order valence-corrected chi connectivity index (χ4v) is 2.51. The van der Waals surface area contributed by atoms with E-state index in [2.05, 4.69) is 17.0 Å². The van der Waals surface area contributed by atoms with Crippen molar-refractivity contribution in [3.8, 4) is 0 Å². The first-order valence-corrected chi connectivity index (χ1v) is 7.91. The van der Waals surface area contributed by atoms with Crippen molar-refractivity contribution in [2.75, 3.05) is 25.0 Å². The van der Waals surface area contributed by atoms with E-state index in [0.717, 1.165) is 17.0 Å². The summed E-state index contributed by atoms with van der Waals surface area (Å²) in [5.41, 5.74) is 3.85. The number of carbonyl (C=O) groups is 1. The summed E-state index contributed by atoms with van der Waals surface area (Å²) in [7, 11) is 0. The Kier molecular flexibility index (Phi) is 6.14. The molecule has 128 valence electrons. The Labute approximate surface area is 142 Å². The van der Waals surface area contributed by atoms with Gasteiger partial charge in [0.15, 0.2) is 0 Å². The number of aryl methyl sites for hydroxylation is 2. The number of benzene rings is 1. The summed E-state index contributed by atoms with van der Waals surface area (Å²) in [6.45, 7) is 8.84. The lowest BCUT2D eigenvalue weighted by molar-refractivity contribution is 0.195. The van der Waals surface area contributed by atoms with Crippen LogP contribution in [0.25, 0.3) is 0 Å². The number of aromatic nitrogens is 2. The van der Waals surface area contributed by atoms with Crippen LogP contribution in [-0.4, -0.2) is 45.5 Å². The summed E-state index contributed by atoms with van der Waals surface area (Å²) >= 11 is 0. The Bertz CT molecular complexity index is 709. The topological polar surface area (TPSA) is 70.4 Å². The Morgan fingerprint density at radius 1 is 1.42 bits per heavy atom. The Morgan fingerprint density at radius 3 is 2.83 bits per heavy atom. The van der Waals surface area contributed by atoms with Gasteiger partial charge in [-0.15, -0.1) is 6.58 Å². The highest BCUT2D eigenvalue weighted by Crippen LogP contribution is 2.14. The van der Waals surface area contributed by atoms with E-state index < -0.39 is 0 Å². The molecule has 1 aromatic heterocycles. The first-order valence-electron chi connectivity index (χ1n) is 7.91. The summed E-state index contributed by atoms with van der Waals surface area (Å²) in [5, 5.41) is 16.4. The molecule has 0 spiro atoms. The molecule has 0 atom stereocenters. The number of amides is 2. The van der Waals surface area contributed by atoms with E-state index in [1.807, 2.05) is 48.9 Å². The number of hydrogen-bond donors (Lipinski definition) is 2. The number of hydrogen-bond acceptors (Lipinski definition) is 3. The average molecular weight is 328 g/mol. The highest BCUT2D eigenvalue weighted by molar-refractivity contribution is 5.89. The van der Waals surface area contributed by atoms with Gasteiger partial charge in [0.25, 0.3) is 0 Å². The summed E-state index contributed by atoms with van der Waals surface area (Å²) in [6, 6.07) is 9.45. The van der Waals surface area contributed by atoms with Gasteiger partial charge >= 0.3 is 6.03 Å². The summed E-state index contributed by atoms with van der Waals surface area (Å²) < 4.78 is 1.94. The maximum absolute atomic E-state index is 12.3. The van der Waals surface area contributed by atoms with Crippen LogP contribution in [0.4, 0.5) is 10.5 Å². The minimum absolute atomic E-state index is 0.0841. The summed E-state index contributed by atoms with van der Waals surface area (Å²) in [5.74, 6) is 0. The fraction of sp³-hybridized carbons (Fsp3) is 0.333. The van der Waals surface area contributed by atoms with Crippen LogP contribution < -0.4 is 5.32 Å². The molecule has 0 saturated heterocycles. The molecule has 6 heteroatoms. The van der Waals surface area contributed by atoms with Gasteiger partial charge in [0.2, 0.25) is 0 Å². The number of aliphatic hydroxyl groups is 1. The second-order valence-corrected chi connectivity index (χ2v) is 5.67. The minimum atomic E-state index is -0.257. The fourth-order valence-electron chi connectivity index (χ4n) is 2.51. The van der Waals surface area contributed by atoms with Crippen molar-refractivity contribution in [3.63, 3.8) is 0 Å². The quantitative estimate of drug-likeness (QED) is 0.768. The highest BCUT2D eigenvalue weighted by atomic mass is 16.3. The Hall–Kier alpha value is -2.60. The molecule has 0 bridgehead atoms. The monoisotopic (exact) mass is 328 g/mol. The van der Waals surface area contributed by atoms with Gasteiger partial charge in [-0.1, -0.05) is 18.2 Å². The molecule has 0 saturated carbocycles. The lowest BCUT2D eigenvalue weighted by Gasteiger charge is -2.20. The Balaban J connectivity index is 2.08. The molecule has 0 fully saturated rings. The van der Waals surface area contributed by atoms with Crippen molar-refractivity contribution in [1.82, 2.24) is 14.7 Å². The number of nitrogens with one attached hydrogen (secondary N) is 1. The normalized spacial score (nSPS) is 10.5. The predicted octanol–water partition coefficient (Wildman–Crippen LogP) is 2.56. The second-order valence-electron chi connectivity index (χ2n) is 5.67. The van der Waals surface area contributed by atoms with Crippen molar-refractivity contribution in [2.24, 2.45) is 0 Å². The van der Waals surface area contributed by atoms with Gasteiger partial charge in [-0.25, -0.2) is 4.79 Å². The molecule has 0 unspecified atom stereocenters. The van der Waals surface area contributed by atoms with Gasteiger partial charge in [0.1, 0.15) is 0 Å². The van der Waals surface area contributed by atoms with Crippen LogP contribution in [0.15, 0.2) is 43.0 Å². The number of carbonyl (C=O) groups excluding carboxylic acids is 1. The summed E-state index contributed by atoms with van der Waals surface area (Å²) in [6.07, 6.45) is 1.63. The SMILES string of the molecule is C=CCN(CCO)C(=O)Nc1cccc(Cn2nc(C)cc2C)c1. The zero-order chi connectivity index (χ0) is 17.5. The van der Waals surface area contributed by atoms with Gasteiger partial charge in [0.05, 0.1) is 18.8 Å². The molecule has 1 heterocycles. The van der Waals surface area contributed by atoms with E-state index in [-0.39, 0.29) is 19.2 Å². The van der Waals surface area contributed by atoms with Crippen molar-refractivity contribution in [1.29, 1.82) is 0 Å². The van der Waals surface area contributed by atoms with Crippen molar-refractivity contribution in [2.45, 2.75) is 20.4 Å². The summed E-state index contributed by atoms with van der Waals surface area (Å²) in [4.78, 5) is 13.8. The standard InChI is InChI=1S/C18H24N4O2/c1-4-8-21(9-10-23)18(24)19-17-7-5-6-16(12-17)13-22-15(3)11-14(2)20-22/h4-7,11-12,23H,1,8-10,13H2,2-3H3,(H,19,24). The smallest absolute Gasteiger partial charge is 0.322 e. The average Bonchev–Trinajstić information content (AvgIpc) is 2.85. The lowest BCUT2D eigenvalue weighted by atomic mass is 10.2. The third kappa shape index (κ3) is 4.70. The van der Waals surface area contributed by atoms with Crippen LogP contribution in [0.3, 0.4) is 0 Å². The van der Waals surface area contributed by atoms with Crippen molar-refractivity contribution >= 4 is 11.7 Å². The van der Waals surface area contributed by atoms with Crippen molar-refractivity contribution < 1.29 is 9.90 Å². The third-order valence-corrected chi connectivity index (χ3v) is 3.62. The van der Waals surface area contributed by atoms with Gasteiger partial charge in [-0.2, -0.15) is 5.10 Å². The molecule has 6 nitrogen and oxygen atoms in total. The molecule has 0 aliphatic heterocycles. The molecule has 2 rings (SSSR count). The molecule has 2 amide bonds. The van der Waals surface area contributed by atoms with E-state index in [0.29, 0.717) is 18.8 Å². The first-order chi connectivity index (χ1) is 11.5. The molecular formula is C18H24N4O2. The van der Waals surface area contributed by atoms with E-state index in [4.69, 9.17) is 5.11 Å². The Morgan fingerprint density at radius 2 is 2.21 bits per heavy atom. The van der Waals surface area contributed by atoms with E-state index in [1.165, 1.54) is 4.90 Å². The van der Waals surface area contributed by atoms with Gasteiger partial charge in [0, 0.05) is 24.5 Å². The van der Waals surface area contributed by atoms with E-state index in [9.17, 15) is 4.79 Å². The molecule has 0 radical (unpaired) electrons. The molecule has 0 aliphatic rings. The van der Waals surface area contributed by atoms with Crippen LogP contribution >= 0.6 is 0 Å². The van der Waals surface area contributed by atoms with Crippen LogP contribution in [0, 0.1) is 13.8 Å². The molecule has 2 N–H and O–H groups in total. The number of nitrogens with zero attached hydrogens (tertiary/aromatic N) is 3. The second kappa shape index (κ2) is 8.31. The molecule has 1 aromatic carbocycles. The number of urea groups is 1. The largest absolute Gasteiger partial charge is 0.395 e. The van der Waals surface area contributed by atoms with Gasteiger partial charge in [-0.05, 0) is 37.6 Å². The van der Waals surface area contributed by atoms with Crippen LogP contribution in [0.1, 0.15) is 17.0 Å². The van der Waals surface area contributed by atoms with E-state index in [1.54, 1.807) is 6.08 Å². The first kappa shape index (κ1) is 17.7. The van der Waals surface area contributed by atoms with E-state index >= 15 is 0 Å². The third-order valence-electron chi connectivity index (χ3n) is 3.62. The van der Waals surface area contributed by atoms with Crippen LogP contribution in [0.2, 0.25) is 0 Å². The van der Waals surface area contributed by atoms with Gasteiger partial charge < -0.3 is 15.3 Å². The van der Waals surface area contributed by atoms with Gasteiger partial charge in [-0.3, -0.25) is 4.68 Å².